The van der Waals surface area contributed by atoms with Crippen LogP contribution in [0.15, 0.2) is 48.7 Å². The Labute approximate surface area is 205 Å². The first kappa shape index (κ1) is 24.4. The van der Waals surface area contributed by atoms with E-state index in [1.807, 2.05) is 38.1 Å². The summed E-state index contributed by atoms with van der Waals surface area (Å²) >= 11 is 0. The third-order valence-electron chi connectivity index (χ3n) is 6.42. The van der Waals surface area contributed by atoms with Crippen molar-refractivity contribution in [3.8, 4) is 17.3 Å². The number of aromatic nitrogens is 4. The van der Waals surface area contributed by atoms with Gasteiger partial charge < -0.3 is 15.6 Å². The quantitative estimate of drug-likeness (QED) is 0.416. The van der Waals surface area contributed by atoms with Crippen LogP contribution >= 0.6 is 0 Å². The van der Waals surface area contributed by atoms with E-state index in [1.165, 1.54) is 27.6 Å². The number of likely N-dealkylation sites (tertiary alicyclic amines) is 1. The summed E-state index contributed by atoms with van der Waals surface area (Å²) in [5.74, 6) is 0.929. The maximum absolute atomic E-state index is 14.3. The molecule has 36 heavy (non-hydrogen) atoms. The number of ether oxygens (including phenoxy) is 1. The number of nitrogens with zero attached hydrogens (tertiary/aromatic N) is 5. The standard InChI is InChI=1S/C25H27F3N6O2/c1-15(2)36-19-5-3-4-16-6-8-18(30-21(16)19)23-32-31-20-9-7-17(12-34(20)23)22(25(26,27)28)33-11-10-24(29,13-33)14-35/h3-9,12,15,22,35H,10-11,13-14,29H2,1-2H3/t22-,24+/m1/s1. The number of nitrogens with two attached hydrogens (primary N) is 1. The summed E-state index contributed by atoms with van der Waals surface area (Å²) in [6.07, 6.45) is -2.92. The Morgan fingerprint density at radius 1 is 1.14 bits per heavy atom. The van der Waals surface area contributed by atoms with Crippen molar-refractivity contribution in [2.24, 2.45) is 5.73 Å². The van der Waals surface area contributed by atoms with Crippen molar-refractivity contribution in [3.63, 3.8) is 0 Å². The summed E-state index contributed by atoms with van der Waals surface area (Å²) < 4.78 is 50.2. The number of alkyl halides is 3. The molecule has 0 amide bonds. The number of halogens is 3. The molecule has 2 atom stereocenters. The first-order valence-electron chi connectivity index (χ1n) is 11.7. The highest BCUT2D eigenvalue weighted by Crippen LogP contribution is 2.41. The van der Waals surface area contributed by atoms with Crippen molar-refractivity contribution < 1.29 is 23.0 Å². The number of hydrogen-bond donors (Lipinski definition) is 2. The molecule has 5 rings (SSSR count). The largest absolute Gasteiger partial charge is 0.489 e. The highest BCUT2D eigenvalue weighted by Gasteiger charge is 2.49. The minimum absolute atomic E-state index is 0.0304. The Hall–Kier alpha value is -3.28. The monoisotopic (exact) mass is 500 g/mol. The van der Waals surface area contributed by atoms with Crippen LogP contribution in [0.25, 0.3) is 28.1 Å². The van der Waals surface area contributed by atoms with E-state index in [9.17, 15) is 18.3 Å². The molecular formula is C25H27F3N6O2. The molecule has 3 aromatic heterocycles. The van der Waals surface area contributed by atoms with Crippen LogP contribution in [-0.4, -0.2) is 67.1 Å². The lowest BCUT2D eigenvalue weighted by molar-refractivity contribution is -0.184. The molecule has 1 saturated heterocycles. The molecular weight excluding hydrogens is 473 g/mol. The zero-order valence-corrected chi connectivity index (χ0v) is 19.9. The number of benzene rings is 1. The molecule has 0 spiro atoms. The average Bonchev–Trinajstić information content (AvgIpc) is 3.42. The lowest BCUT2D eigenvalue weighted by atomic mass is 10.0. The Balaban J connectivity index is 1.58. The smallest absolute Gasteiger partial charge is 0.408 e. The second-order valence-electron chi connectivity index (χ2n) is 9.59. The third-order valence-corrected chi connectivity index (χ3v) is 6.42. The predicted molar refractivity (Wildman–Crippen MR) is 128 cm³/mol. The van der Waals surface area contributed by atoms with Crippen LogP contribution in [0.3, 0.4) is 0 Å². The van der Waals surface area contributed by atoms with Crippen LogP contribution in [0.5, 0.6) is 5.75 Å². The summed E-state index contributed by atoms with van der Waals surface area (Å²) in [6, 6.07) is 10.3. The van der Waals surface area contributed by atoms with Gasteiger partial charge in [0, 0.05) is 24.7 Å². The van der Waals surface area contributed by atoms with E-state index in [1.54, 1.807) is 6.07 Å². The zero-order chi connectivity index (χ0) is 25.7. The first-order valence-corrected chi connectivity index (χ1v) is 11.7. The molecule has 1 aliphatic heterocycles. The fourth-order valence-corrected chi connectivity index (χ4v) is 4.72. The average molecular weight is 501 g/mol. The van der Waals surface area contributed by atoms with Gasteiger partial charge in [0.25, 0.3) is 0 Å². The van der Waals surface area contributed by atoms with E-state index in [0.717, 1.165) is 5.39 Å². The lowest BCUT2D eigenvalue weighted by Crippen LogP contribution is -2.48. The van der Waals surface area contributed by atoms with E-state index in [0.29, 0.717) is 28.4 Å². The van der Waals surface area contributed by atoms with Gasteiger partial charge in [-0.1, -0.05) is 24.3 Å². The van der Waals surface area contributed by atoms with Crippen molar-refractivity contribution in [1.82, 2.24) is 24.5 Å². The van der Waals surface area contributed by atoms with Crippen LogP contribution in [0.4, 0.5) is 13.2 Å². The van der Waals surface area contributed by atoms with Crippen LogP contribution in [-0.2, 0) is 0 Å². The fourth-order valence-electron chi connectivity index (χ4n) is 4.72. The Bertz CT molecular complexity index is 1410. The minimum Gasteiger partial charge on any atom is -0.489 e. The van der Waals surface area contributed by atoms with Gasteiger partial charge in [0.05, 0.1) is 18.2 Å². The maximum atomic E-state index is 14.3. The SMILES string of the molecule is CC(C)Oc1cccc2ccc(-c3nnc4ccc([C@@H](N5CC[C@@](N)(CO)C5)C(F)(F)F)cn34)nc12. The Morgan fingerprint density at radius 3 is 2.64 bits per heavy atom. The molecule has 11 heteroatoms. The summed E-state index contributed by atoms with van der Waals surface area (Å²) in [4.78, 5) is 6.00. The summed E-state index contributed by atoms with van der Waals surface area (Å²) in [5.41, 5.74) is 6.52. The Morgan fingerprint density at radius 2 is 1.94 bits per heavy atom. The summed E-state index contributed by atoms with van der Waals surface area (Å²) in [5, 5.41) is 18.8. The maximum Gasteiger partial charge on any atom is 0.408 e. The second-order valence-corrected chi connectivity index (χ2v) is 9.59. The van der Waals surface area contributed by atoms with Crippen molar-refractivity contribution in [2.75, 3.05) is 19.7 Å². The number of fused-ring (bicyclic) bond motifs is 2. The molecule has 1 fully saturated rings. The number of rotatable bonds is 6. The summed E-state index contributed by atoms with van der Waals surface area (Å²) in [7, 11) is 0. The topological polar surface area (TPSA) is 102 Å². The van der Waals surface area contributed by atoms with E-state index in [-0.39, 0.29) is 37.8 Å². The highest BCUT2D eigenvalue weighted by molar-refractivity contribution is 5.86. The third kappa shape index (κ3) is 4.49. The van der Waals surface area contributed by atoms with E-state index in [4.69, 9.17) is 15.5 Å². The summed E-state index contributed by atoms with van der Waals surface area (Å²) in [6.45, 7) is 3.52. The number of aliphatic hydroxyl groups excluding tert-OH is 1. The van der Waals surface area contributed by atoms with Gasteiger partial charge in [-0.2, -0.15) is 13.2 Å². The number of para-hydroxylation sites is 1. The van der Waals surface area contributed by atoms with Crippen molar-refractivity contribution in [2.45, 2.75) is 44.1 Å². The molecule has 4 aromatic rings. The van der Waals surface area contributed by atoms with Gasteiger partial charge in [0.1, 0.15) is 23.0 Å². The molecule has 1 aromatic carbocycles. The molecule has 3 N–H and O–H groups in total. The van der Waals surface area contributed by atoms with E-state index >= 15 is 0 Å². The minimum atomic E-state index is -4.55. The molecule has 8 nitrogen and oxygen atoms in total. The van der Waals surface area contributed by atoms with Crippen LogP contribution in [0.2, 0.25) is 0 Å². The molecule has 0 saturated carbocycles. The van der Waals surface area contributed by atoms with Gasteiger partial charge in [0.15, 0.2) is 11.5 Å². The van der Waals surface area contributed by atoms with Gasteiger partial charge in [-0.25, -0.2) is 4.98 Å². The van der Waals surface area contributed by atoms with Crippen LogP contribution in [0, 0.1) is 0 Å². The van der Waals surface area contributed by atoms with Crippen molar-refractivity contribution in [1.29, 1.82) is 0 Å². The molecule has 4 heterocycles. The van der Waals surface area contributed by atoms with Gasteiger partial charge in [-0.05, 0) is 44.0 Å². The van der Waals surface area contributed by atoms with E-state index < -0.39 is 17.8 Å². The predicted octanol–water partition coefficient (Wildman–Crippen LogP) is 3.73. The van der Waals surface area contributed by atoms with Crippen LogP contribution in [0.1, 0.15) is 31.9 Å². The number of aliphatic hydroxyl groups is 1. The van der Waals surface area contributed by atoms with Crippen molar-refractivity contribution in [3.05, 3.63) is 54.2 Å². The highest BCUT2D eigenvalue weighted by atomic mass is 19.4. The lowest BCUT2D eigenvalue weighted by Gasteiger charge is -2.31. The second kappa shape index (κ2) is 8.99. The molecule has 0 aliphatic carbocycles. The molecule has 190 valence electrons. The molecule has 0 bridgehead atoms. The normalized spacial score (nSPS) is 20.0. The van der Waals surface area contributed by atoms with Gasteiger partial charge in [-0.3, -0.25) is 9.30 Å². The Kier molecular flexibility index (Phi) is 6.09. The van der Waals surface area contributed by atoms with Crippen molar-refractivity contribution >= 4 is 16.6 Å². The molecule has 0 radical (unpaired) electrons. The number of pyridine rings is 2. The zero-order valence-electron chi connectivity index (χ0n) is 19.9. The van der Waals surface area contributed by atoms with Gasteiger partial charge in [0.2, 0.25) is 0 Å². The van der Waals surface area contributed by atoms with E-state index in [2.05, 4.69) is 10.2 Å². The van der Waals surface area contributed by atoms with Gasteiger partial charge >= 0.3 is 6.18 Å². The van der Waals surface area contributed by atoms with Crippen LogP contribution < -0.4 is 10.5 Å². The number of hydrogen-bond acceptors (Lipinski definition) is 7. The molecule has 1 aliphatic rings. The molecule has 0 unspecified atom stereocenters. The van der Waals surface area contributed by atoms with Gasteiger partial charge in [-0.15, -0.1) is 10.2 Å². The fraction of sp³-hybridized carbons (Fsp3) is 0.400. The first-order chi connectivity index (χ1) is 17.1.